The molecule has 0 saturated heterocycles. The second kappa shape index (κ2) is 8.50. The van der Waals surface area contributed by atoms with Crippen molar-refractivity contribution in [3.05, 3.63) is 57.7 Å². The van der Waals surface area contributed by atoms with Gasteiger partial charge in [0.05, 0.1) is 24.8 Å². The van der Waals surface area contributed by atoms with Crippen LogP contribution >= 0.6 is 11.6 Å². The summed E-state index contributed by atoms with van der Waals surface area (Å²) in [5, 5.41) is -0.171. The van der Waals surface area contributed by atoms with Crippen LogP contribution in [0.15, 0.2) is 35.0 Å². The highest BCUT2D eigenvalue weighted by Crippen LogP contribution is 2.39. The summed E-state index contributed by atoms with van der Waals surface area (Å²) in [6.45, 7) is 1.23. The number of halogens is 3. The van der Waals surface area contributed by atoms with E-state index in [0.29, 0.717) is 5.56 Å². The average Bonchev–Trinajstić information content (AvgIpc) is 3.05. The molecule has 0 radical (unpaired) electrons. The van der Waals surface area contributed by atoms with Crippen LogP contribution in [0.1, 0.15) is 18.1 Å². The van der Waals surface area contributed by atoms with E-state index >= 15 is 0 Å². The third-order valence-electron chi connectivity index (χ3n) is 3.89. The Balaban J connectivity index is 2.03. The van der Waals surface area contributed by atoms with Crippen LogP contribution in [0.3, 0.4) is 0 Å². The van der Waals surface area contributed by atoms with E-state index in [1.165, 1.54) is 39.4 Å². The number of nitrogens with zero attached hydrogens (tertiary/aromatic N) is 1. The molecular weight excluding hydrogens is 424 g/mol. The van der Waals surface area contributed by atoms with E-state index in [0.717, 1.165) is 12.1 Å². The van der Waals surface area contributed by atoms with E-state index < -0.39 is 23.6 Å². The topological polar surface area (TPSA) is 83.4 Å². The highest BCUT2D eigenvalue weighted by atomic mass is 35.5. The summed E-state index contributed by atoms with van der Waals surface area (Å²) >= 11 is 5.90. The van der Waals surface area contributed by atoms with E-state index in [-0.39, 0.29) is 39.4 Å². The Morgan fingerprint density at radius 2 is 1.70 bits per heavy atom. The van der Waals surface area contributed by atoms with Gasteiger partial charge in [0.15, 0.2) is 28.8 Å². The molecule has 3 rings (SSSR count). The molecule has 0 aromatic heterocycles. The average molecular weight is 438 g/mol. The smallest absolute Gasteiger partial charge is 0.363 e. The normalized spacial score (nSPS) is 14.4. The molecule has 0 fully saturated rings. The fraction of sp³-hybridized carbons (Fsp3) is 0.150. The molecule has 30 heavy (non-hydrogen) atoms. The second-order valence-electron chi connectivity index (χ2n) is 5.93. The lowest BCUT2D eigenvalue weighted by atomic mass is 10.1. The predicted octanol–water partition coefficient (Wildman–Crippen LogP) is 3.91. The molecule has 7 nitrogen and oxygen atoms in total. The summed E-state index contributed by atoms with van der Waals surface area (Å²) in [4.78, 5) is 27.5. The number of hydrogen-bond acceptors (Lipinski definition) is 7. The minimum absolute atomic E-state index is 0.0707. The molecule has 0 atom stereocenters. The largest absolute Gasteiger partial charge is 0.493 e. The van der Waals surface area contributed by atoms with Crippen molar-refractivity contribution in [1.82, 2.24) is 0 Å². The number of esters is 2. The third-order valence-corrected chi connectivity index (χ3v) is 4.21. The molecule has 2 aromatic carbocycles. The monoisotopic (exact) mass is 437 g/mol. The minimum atomic E-state index is -1.17. The van der Waals surface area contributed by atoms with Crippen molar-refractivity contribution in [1.29, 1.82) is 0 Å². The van der Waals surface area contributed by atoms with Gasteiger partial charge in [0, 0.05) is 6.92 Å². The zero-order chi connectivity index (χ0) is 22.0. The van der Waals surface area contributed by atoms with Gasteiger partial charge in [-0.05, 0) is 35.9 Å². The van der Waals surface area contributed by atoms with Crippen molar-refractivity contribution in [2.75, 3.05) is 14.2 Å². The van der Waals surface area contributed by atoms with E-state index in [1.807, 2.05) is 0 Å². The first-order chi connectivity index (χ1) is 14.2. The van der Waals surface area contributed by atoms with Crippen molar-refractivity contribution in [3.63, 3.8) is 0 Å². The van der Waals surface area contributed by atoms with Crippen molar-refractivity contribution < 1.29 is 37.3 Å². The van der Waals surface area contributed by atoms with Gasteiger partial charge in [0.2, 0.25) is 11.6 Å². The van der Waals surface area contributed by atoms with E-state index in [4.69, 9.17) is 30.5 Å². The number of carbonyl (C=O) groups excluding carboxylic acids is 2. The Hall–Kier alpha value is -3.46. The van der Waals surface area contributed by atoms with Gasteiger partial charge in [0.25, 0.3) is 0 Å². The van der Waals surface area contributed by atoms with E-state index in [2.05, 4.69) is 4.99 Å². The van der Waals surface area contributed by atoms with Gasteiger partial charge < -0.3 is 18.9 Å². The molecule has 1 aliphatic heterocycles. The molecule has 0 aliphatic carbocycles. The van der Waals surface area contributed by atoms with Crippen LogP contribution in [0, 0.1) is 11.6 Å². The number of rotatable bonds is 5. The highest BCUT2D eigenvalue weighted by Gasteiger charge is 2.27. The summed E-state index contributed by atoms with van der Waals surface area (Å²) < 4.78 is 47.4. The van der Waals surface area contributed by atoms with Crippen molar-refractivity contribution >= 4 is 35.5 Å². The number of hydrogen-bond donors (Lipinski definition) is 0. The maximum Gasteiger partial charge on any atom is 0.363 e. The highest BCUT2D eigenvalue weighted by molar-refractivity contribution is 6.34. The first-order valence-electron chi connectivity index (χ1n) is 8.35. The number of carbonyl (C=O) groups is 2. The molecule has 0 bridgehead atoms. The molecule has 0 unspecified atom stereocenters. The molecule has 0 amide bonds. The SMILES string of the molecule is COc1cc(/C=C2\N=C(c3cc(F)c(F)cc3Cl)OC2=O)cc(OC)c1OC(C)=O. The Bertz CT molecular complexity index is 1090. The van der Waals surface area contributed by atoms with Gasteiger partial charge in [-0.3, -0.25) is 4.79 Å². The summed E-state index contributed by atoms with van der Waals surface area (Å²) in [5.41, 5.74) is 0.204. The van der Waals surface area contributed by atoms with E-state index in [9.17, 15) is 18.4 Å². The van der Waals surface area contributed by atoms with Crippen LogP contribution in [0.25, 0.3) is 6.08 Å². The lowest BCUT2D eigenvalue weighted by molar-refractivity contribution is -0.132. The molecular formula is C20H14ClF2NO6. The lowest BCUT2D eigenvalue weighted by Crippen LogP contribution is -2.07. The lowest BCUT2D eigenvalue weighted by Gasteiger charge is -2.13. The summed E-state index contributed by atoms with van der Waals surface area (Å²) in [6.07, 6.45) is 1.35. The first-order valence-corrected chi connectivity index (χ1v) is 8.73. The van der Waals surface area contributed by atoms with Crippen molar-refractivity contribution in [2.45, 2.75) is 6.92 Å². The molecule has 1 heterocycles. The number of methoxy groups -OCH3 is 2. The Labute approximate surface area is 174 Å². The molecule has 10 heteroatoms. The van der Waals surface area contributed by atoms with Crippen molar-refractivity contribution in [3.8, 4) is 17.2 Å². The van der Waals surface area contributed by atoms with Crippen LogP contribution in [-0.4, -0.2) is 32.1 Å². The number of cyclic esters (lactones) is 1. The Morgan fingerprint density at radius 1 is 1.10 bits per heavy atom. The maximum absolute atomic E-state index is 13.5. The van der Waals surface area contributed by atoms with Crippen LogP contribution in [0.5, 0.6) is 17.2 Å². The number of benzene rings is 2. The van der Waals surface area contributed by atoms with Crippen LogP contribution in [-0.2, 0) is 14.3 Å². The maximum atomic E-state index is 13.5. The van der Waals surface area contributed by atoms with Crippen LogP contribution in [0.4, 0.5) is 8.78 Å². The zero-order valence-corrected chi connectivity index (χ0v) is 16.7. The molecule has 0 N–H and O–H groups in total. The minimum Gasteiger partial charge on any atom is -0.493 e. The third kappa shape index (κ3) is 4.25. The molecule has 2 aromatic rings. The molecule has 0 spiro atoms. The van der Waals surface area contributed by atoms with Gasteiger partial charge in [-0.15, -0.1) is 0 Å². The Kier molecular flexibility index (Phi) is 6.02. The first kappa shape index (κ1) is 21.3. The number of aliphatic imine (C=N–C) groups is 1. The molecule has 1 aliphatic rings. The fourth-order valence-electron chi connectivity index (χ4n) is 2.60. The van der Waals surface area contributed by atoms with Gasteiger partial charge >= 0.3 is 11.9 Å². The number of ether oxygens (including phenoxy) is 4. The van der Waals surface area contributed by atoms with Gasteiger partial charge in [0.1, 0.15) is 0 Å². The van der Waals surface area contributed by atoms with Gasteiger partial charge in [-0.1, -0.05) is 11.6 Å². The van der Waals surface area contributed by atoms with Crippen LogP contribution < -0.4 is 14.2 Å². The quantitative estimate of drug-likeness (QED) is 0.305. The van der Waals surface area contributed by atoms with Gasteiger partial charge in [-0.2, -0.15) is 0 Å². The Morgan fingerprint density at radius 3 is 2.27 bits per heavy atom. The van der Waals surface area contributed by atoms with Gasteiger partial charge in [-0.25, -0.2) is 18.6 Å². The van der Waals surface area contributed by atoms with E-state index in [1.54, 1.807) is 0 Å². The summed E-state index contributed by atoms with van der Waals surface area (Å²) in [7, 11) is 2.73. The predicted molar refractivity (Wildman–Crippen MR) is 103 cm³/mol. The van der Waals surface area contributed by atoms with Crippen LogP contribution in [0.2, 0.25) is 5.02 Å². The standard InChI is InChI=1S/C20H14ClF2NO6/c1-9(25)29-18-16(27-2)5-10(6-17(18)28-3)4-15-20(26)30-19(24-15)11-7-13(22)14(23)8-12(11)21/h4-8H,1-3H3/b15-4-. The zero-order valence-electron chi connectivity index (χ0n) is 15.9. The van der Waals surface area contributed by atoms with Crippen molar-refractivity contribution in [2.24, 2.45) is 4.99 Å². The summed E-state index contributed by atoms with van der Waals surface area (Å²) in [5.74, 6) is -3.56. The molecule has 156 valence electrons. The fourth-order valence-corrected chi connectivity index (χ4v) is 2.83. The molecule has 0 saturated carbocycles. The second-order valence-corrected chi connectivity index (χ2v) is 6.34. The summed E-state index contributed by atoms with van der Waals surface area (Å²) in [6, 6.07) is 4.51.